The number of fused-ring (bicyclic) bond motifs is 9. The molecule has 4 heterocycles. The lowest BCUT2D eigenvalue weighted by Crippen LogP contribution is -1.98. The van der Waals surface area contributed by atoms with Crippen LogP contribution in [0.1, 0.15) is 0 Å². The molecule has 0 aliphatic heterocycles. The topological polar surface area (TPSA) is 35.1 Å². The normalized spacial score (nSPS) is 11.8. The fourth-order valence-corrected chi connectivity index (χ4v) is 6.54. The molecular formula is C38H24N4. The number of aromatic nitrogens is 4. The minimum atomic E-state index is 0.902. The highest BCUT2D eigenvalue weighted by Gasteiger charge is 2.22. The van der Waals surface area contributed by atoms with E-state index in [0.29, 0.717) is 0 Å². The van der Waals surface area contributed by atoms with E-state index in [9.17, 15) is 0 Å². The molecule has 9 rings (SSSR count). The largest absolute Gasteiger partial charge is 0.294 e. The monoisotopic (exact) mass is 536 g/mol. The second-order valence-electron chi connectivity index (χ2n) is 10.7. The van der Waals surface area contributed by atoms with Crippen LogP contribution in [0, 0.1) is 0 Å². The zero-order chi connectivity index (χ0) is 27.6. The average molecular weight is 537 g/mol. The molecule has 0 atom stereocenters. The minimum absolute atomic E-state index is 0.902. The first-order chi connectivity index (χ1) is 20.9. The highest BCUT2D eigenvalue weighted by Crippen LogP contribution is 2.42. The molecule has 0 fully saturated rings. The Labute approximate surface area is 241 Å². The first kappa shape index (κ1) is 23.0. The number of benzene rings is 5. The maximum Gasteiger partial charge on any atom is 0.145 e. The van der Waals surface area contributed by atoms with Crippen LogP contribution in [-0.2, 0) is 0 Å². The predicted octanol–water partition coefficient (Wildman–Crippen LogP) is 9.47. The number of imidazole rings is 1. The summed E-state index contributed by atoms with van der Waals surface area (Å²) in [7, 11) is 0. The lowest BCUT2D eigenvalue weighted by molar-refractivity contribution is 1.08. The van der Waals surface area contributed by atoms with Gasteiger partial charge in [0.2, 0.25) is 0 Å². The molecule has 0 spiro atoms. The molecule has 0 aliphatic carbocycles. The minimum Gasteiger partial charge on any atom is -0.294 e. The Bertz CT molecular complexity index is 2440. The molecule has 4 heteroatoms. The third-order valence-electron chi connectivity index (χ3n) is 8.34. The van der Waals surface area contributed by atoms with Crippen molar-refractivity contribution in [2.24, 2.45) is 0 Å². The van der Waals surface area contributed by atoms with Crippen LogP contribution in [0.15, 0.2) is 146 Å². The molecule has 0 N–H and O–H groups in total. The Morgan fingerprint density at radius 1 is 0.452 bits per heavy atom. The van der Waals surface area contributed by atoms with E-state index < -0.39 is 0 Å². The SMILES string of the molecule is c1ccc(-c2nc(-c3ccccc3)n3c4cc5c(cc4c4ccccc4c23)c2ccccc2n5-c2ccccn2)cc1. The van der Waals surface area contributed by atoms with E-state index in [1.54, 1.807) is 0 Å². The van der Waals surface area contributed by atoms with Crippen molar-refractivity contribution in [3.8, 4) is 28.5 Å². The molecule has 42 heavy (non-hydrogen) atoms. The Kier molecular flexibility index (Phi) is 4.87. The van der Waals surface area contributed by atoms with Gasteiger partial charge in [0.05, 0.1) is 27.8 Å². The van der Waals surface area contributed by atoms with Gasteiger partial charge in [-0.15, -0.1) is 0 Å². The fraction of sp³-hybridized carbons (Fsp3) is 0. The number of pyridine rings is 2. The third-order valence-corrected chi connectivity index (χ3v) is 8.34. The third kappa shape index (κ3) is 3.23. The van der Waals surface area contributed by atoms with E-state index in [2.05, 4.69) is 136 Å². The molecule has 9 aromatic rings. The molecule has 196 valence electrons. The maximum atomic E-state index is 5.38. The maximum absolute atomic E-state index is 5.38. The van der Waals surface area contributed by atoms with Crippen LogP contribution in [0.4, 0.5) is 0 Å². The van der Waals surface area contributed by atoms with Crippen LogP contribution in [-0.4, -0.2) is 18.9 Å². The highest BCUT2D eigenvalue weighted by atomic mass is 15.1. The Morgan fingerprint density at radius 3 is 1.86 bits per heavy atom. The number of hydrogen-bond donors (Lipinski definition) is 0. The summed E-state index contributed by atoms with van der Waals surface area (Å²) in [6.45, 7) is 0. The summed E-state index contributed by atoms with van der Waals surface area (Å²) >= 11 is 0. The van der Waals surface area contributed by atoms with Gasteiger partial charge in [-0.05, 0) is 35.7 Å². The van der Waals surface area contributed by atoms with Crippen LogP contribution < -0.4 is 0 Å². The summed E-state index contributed by atoms with van der Waals surface area (Å²) in [5, 5.41) is 6.02. The highest BCUT2D eigenvalue weighted by molar-refractivity contribution is 6.21. The lowest BCUT2D eigenvalue weighted by atomic mass is 10.0. The summed E-state index contributed by atoms with van der Waals surface area (Å²) < 4.78 is 4.65. The van der Waals surface area contributed by atoms with E-state index in [0.717, 1.165) is 50.5 Å². The molecule has 5 aromatic carbocycles. The van der Waals surface area contributed by atoms with Crippen molar-refractivity contribution in [2.75, 3.05) is 0 Å². The zero-order valence-electron chi connectivity index (χ0n) is 22.6. The van der Waals surface area contributed by atoms with E-state index in [1.165, 1.54) is 26.9 Å². The Morgan fingerprint density at radius 2 is 1.10 bits per heavy atom. The smallest absolute Gasteiger partial charge is 0.145 e. The van der Waals surface area contributed by atoms with Gasteiger partial charge in [0.15, 0.2) is 0 Å². The molecule has 0 bridgehead atoms. The van der Waals surface area contributed by atoms with Crippen LogP contribution >= 0.6 is 0 Å². The summed E-state index contributed by atoms with van der Waals surface area (Å²) in [6.07, 6.45) is 1.86. The number of rotatable bonds is 3. The molecule has 4 nitrogen and oxygen atoms in total. The number of hydrogen-bond acceptors (Lipinski definition) is 2. The van der Waals surface area contributed by atoms with Gasteiger partial charge in [0.25, 0.3) is 0 Å². The molecule has 0 saturated carbocycles. The van der Waals surface area contributed by atoms with Gasteiger partial charge < -0.3 is 0 Å². The van der Waals surface area contributed by atoms with Crippen molar-refractivity contribution in [1.82, 2.24) is 18.9 Å². The van der Waals surface area contributed by atoms with Gasteiger partial charge in [-0.25, -0.2) is 9.97 Å². The summed E-state index contributed by atoms with van der Waals surface area (Å²) in [6, 6.07) is 49.2. The quantitative estimate of drug-likeness (QED) is 0.211. The van der Waals surface area contributed by atoms with Crippen LogP contribution in [0.25, 0.3) is 77.5 Å². The fourth-order valence-electron chi connectivity index (χ4n) is 6.54. The van der Waals surface area contributed by atoms with E-state index in [-0.39, 0.29) is 0 Å². The van der Waals surface area contributed by atoms with Gasteiger partial charge >= 0.3 is 0 Å². The second-order valence-corrected chi connectivity index (χ2v) is 10.7. The Balaban J connectivity index is 1.55. The number of para-hydroxylation sites is 1. The van der Waals surface area contributed by atoms with E-state index >= 15 is 0 Å². The van der Waals surface area contributed by atoms with E-state index in [1.807, 2.05) is 18.3 Å². The van der Waals surface area contributed by atoms with Crippen molar-refractivity contribution in [3.05, 3.63) is 146 Å². The first-order valence-corrected chi connectivity index (χ1v) is 14.2. The zero-order valence-corrected chi connectivity index (χ0v) is 22.6. The van der Waals surface area contributed by atoms with Crippen molar-refractivity contribution in [3.63, 3.8) is 0 Å². The van der Waals surface area contributed by atoms with Crippen LogP contribution in [0.2, 0.25) is 0 Å². The van der Waals surface area contributed by atoms with Crippen molar-refractivity contribution >= 4 is 49.0 Å². The summed E-state index contributed by atoms with van der Waals surface area (Å²) in [4.78, 5) is 10.1. The van der Waals surface area contributed by atoms with Crippen molar-refractivity contribution in [1.29, 1.82) is 0 Å². The standard InChI is InChI=1S/C38H24N4/c1-3-13-25(14-4-1)36-37-29-19-8-7-17-27(29)30-23-31-28-18-9-10-20-32(28)41(35-21-11-12-22-39-35)33(31)24-34(30)42(37)38(40-36)26-15-5-2-6-16-26/h1-24H. The molecule has 4 aromatic heterocycles. The Hall–Kier alpha value is -5.74. The van der Waals surface area contributed by atoms with Gasteiger partial charge in [-0.3, -0.25) is 8.97 Å². The van der Waals surface area contributed by atoms with Crippen molar-refractivity contribution < 1.29 is 0 Å². The van der Waals surface area contributed by atoms with E-state index in [4.69, 9.17) is 9.97 Å². The van der Waals surface area contributed by atoms with Gasteiger partial charge in [-0.2, -0.15) is 0 Å². The summed E-state index contributed by atoms with van der Waals surface area (Å²) in [5.41, 5.74) is 7.65. The average Bonchev–Trinajstić information content (AvgIpc) is 3.62. The summed E-state index contributed by atoms with van der Waals surface area (Å²) in [5.74, 6) is 1.83. The molecule has 0 aliphatic rings. The predicted molar refractivity (Wildman–Crippen MR) is 173 cm³/mol. The van der Waals surface area contributed by atoms with Gasteiger partial charge in [0, 0.05) is 38.9 Å². The molecule has 0 unspecified atom stereocenters. The van der Waals surface area contributed by atoms with Crippen LogP contribution in [0.5, 0.6) is 0 Å². The molecular weight excluding hydrogens is 512 g/mol. The second kappa shape index (κ2) is 8.88. The van der Waals surface area contributed by atoms with Crippen molar-refractivity contribution in [2.45, 2.75) is 0 Å². The first-order valence-electron chi connectivity index (χ1n) is 14.2. The molecule has 0 radical (unpaired) electrons. The number of nitrogens with zero attached hydrogens (tertiary/aromatic N) is 4. The lowest BCUT2D eigenvalue weighted by Gasteiger charge is -2.13. The van der Waals surface area contributed by atoms with Gasteiger partial charge in [0.1, 0.15) is 11.6 Å². The van der Waals surface area contributed by atoms with Gasteiger partial charge in [-0.1, -0.05) is 109 Å². The van der Waals surface area contributed by atoms with Crippen LogP contribution in [0.3, 0.4) is 0 Å². The molecule has 0 amide bonds. The molecule has 0 saturated heterocycles.